The molecule has 158 valence electrons. The Morgan fingerprint density at radius 1 is 1.07 bits per heavy atom. The minimum Gasteiger partial charge on any atom is -0.479 e. The second kappa shape index (κ2) is 9.48. The molecular weight excluding hydrogens is 384 g/mol. The monoisotopic (exact) mass is 410 g/mol. The lowest BCUT2D eigenvalue weighted by Gasteiger charge is -2.15. The number of aryl methyl sites for hydroxylation is 1. The summed E-state index contributed by atoms with van der Waals surface area (Å²) < 4.78 is 22.2. The van der Waals surface area contributed by atoms with Gasteiger partial charge < -0.3 is 18.6 Å². The van der Waals surface area contributed by atoms with E-state index in [4.69, 9.17) is 18.6 Å². The van der Waals surface area contributed by atoms with E-state index in [1.807, 2.05) is 45.0 Å². The molecule has 1 aromatic heterocycles. The van der Waals surface area contributed by atoms with Crippen molar-refractivity contribution in [2.45, 2.75) is 40.2 Å². The SMILES string of the molecule is CCc1ccccc1Oc1coc2cc(O[C@H](C)C(=O)OCC(C)C)ccc2c1=O. The molecule has 1 heterocycles. The Hall–Kier alpha value is -3.28. The maximum Gasteiger partial charge on any atom is 0.347 e. The van der Waals surface area contributed by atoms with Gasteiger partial charge in [-0.25, -0.2) is 4.79 Å². The second-order valence-corrected chi connectivity index (χ2v) is 7.43. The molecule has 1 atom stereocenters. The molecule has 3 aromatic rings. The van der Waals surface area contributed by atoms with E-state index in [0.717, 1.165) is 12.0 Å². The third kappa shape index (κ3) is 5.00. The van der Waals surface area contributed by atoms with Gasteiger partial charge in [0.1, 0.15) is 23.3 Å². The number of ether oxygens (including phenoxy) is 3. The highest BCUT2D eigenvalue weighted by Gasteiger charge is 2.18. The molecule has 3 rings (SSSR count). The number of fused-ring (bicyclic) bond motifs is 1. The number of carbonyl (C=O) groups is 1. The van der Waals surface area contributed by atoms with E-state index in [1.165, 1.54) is 6.26 Å². The van der Waals surface area contributed by atoms with Crippen molar-refractivity contribution in [3.05, 3.63) is 64.5 Å². The van der Waals surface area contributed by atoms with Crippen LogP contribution in [0.3, 0.4) is 0 Å². The first-order chi connectivity index (χ1) is 14.4. The first-order valence-electron chi connectivity index (χ1n) is 10.0. The van der Waals surface area contributed by atoms with Gasteiger partial charge in [-0.3, -0.25) is 4.79 Å². The predicted octanol–water partition coefficient (Wildman–Crippen LogP) is 5.11. The molecule has 30 heavy (non-hydrogen) atoms. The number of para-hydroxylation sites is 1. The standard InChI is InChI=1S/C24H26O6/c1-5-17-8-6-7-9-20(17)30-22-14-27-21-12-18(10-11-19(21)23(22)25)29-16(4)24(26)28-13-15(2)3/h6-12,14-16H,5,13H2,1-4H3/t16-/m1/s1. The molecule has 0 aliphatic rings. The number of hydrogen-bond donors (Lipinski definition) is 0. The molecule has 0 N–H and O–H groups in total. The van der Waals surface area contributed by atoms with E-state index >= 15 is 0 Å². The van der Waals surface area contributed by atoms with Crippen molar-refractivity contribution < 1.29 is 23.4 Å². The maximum atomic E-state index is 12.8. The number of esters is 1. The zero-order chi connectivity index (χ0) is 21.7. The molecule has 6 nitrogen and oxygen atoms in total. The van der Waals surface area contributed by atoms with Crippen molar-refractivity contribution in [3.8, 4) is 17.2 Å². The van der Waals surface area contributed by atoms with Crippen molar-refractivity contribution in [2.24, 2.45) is 5.92 Å². The van der Waals surface area contributed by atoms with Gasteiger partial charge in [0.25, 0.3) is 0 Å². The molecule has 2 aromatic carbocycles. The summed E-state index contributed by atoms with van der Waals surface area (Å²) in [6, 6.07) is 12.3. The fourth-order valence-corrected chi connectivity index (χ4v) is 2.87. The third-order valence-electron chi connectivity index (χ3n) is 4.49. The molecule has 0 spiro atoms. The molecule has 0 aliphatic heterocycles. The van der Waals surface area contributed by atoms with Gasteiger partial charge in [-0.1, -0.05) is 39.0 Å². The van der Waals surface area contributed by atoms with Crippen LogP contribution in [-0.4, -0.2) is 18.7 Å². The van der Waals surface area contributed by atoms with Gasteiger partial charge in [-0.05, 0) is 43.0 Å². The highest BCUT2D eigenvalue weighted by molar-refractivity contribution is 5.79. The minimum absolute atomic E-state index is 0.114. The third-order valence-corrected chi connectivity index (χ3v) is 4.49. The Kier molecular flexibility index (Phi) is 6.77. The van der Waals surface area contributed by atoms with Crippen LogP contribution < -0.4 is 14.9 Å². The first-order valence-corrected chi connectivity index (χ1v) is 10.0. The normalized spacial score (nSPS) is 12.0. The van der Waals surface area contributed by atoms with Gasteiger partial charge in [0.05, 0.1) is 12.0 Å². The number of carbonyl (C=O) groups excluding carboxylic acids is 1. The number of hydrogen-bond acceptors (Lipinski definition) is 6. The molecule has 0 unspecified atom stereocenters. The van der Waals surface area contributed by atoms with Gasteiger partial charge >= 0.3 is 5.97 Å². The van der Waals surface area contributed by atoms with Crippen LogP contribution in [0.4, 0.5) is 0 Å². The zero-order valence-corrected chi connectivity index (χ0v) is 17.6. The van der Waals surface area contributed by atoms with E-state index in [1.54, 1.807) is 25.1 Å². The molecular formula is C24H26O6. The summed E-state index contributed by atoms with van der Waals surface area (Å²) in [5, 5.41) is 0.365. The molecule has 0 saturated heterocycles. The van der Waals surface area contributed by atoms with Crippen molar-refractivity contribution in [1.29, 1.82) is 0 Å². The second-order valence-electron chi connectivity index (χ2n) is 7.43. The number of benzene rings is 2. The quantitative estimate of drug-likeness (QED) is 0.480. The lowest BCUT2D eigenvalue weighted by atomic mass is 10.1. The molecule has 0 bridgehead atoms. The van der Waals surface area contributed by atoms with Crippen LogP contribution in [0.15, 0.2) is 57.9 Å². The van der Waals surface area contributed by atoms with Crippen LogP contribution in [0, 0.1) is 5.92 Å². The van der Waals surface area contributed by atoms with Gasteiger partial charge in [-0.15, -0.1) is 0 Å². The Morgan fingerprint density at radius 2 is 1.83 bits per heavy atom. The smallest absolute Gasteiger partial charge is 0.347 e. The Labute approximate surface area is 175 Å². The summed E-state index contributed by atoms with van der Waals surface area (Å²) in [6.45, 7) is 7.90. The largest absolute Gasteiger partial charge is 0.479 e. The summed E-state index contributed by atoms with van der Waals surface area (Å²) in [7, 11) is 0. The van der Waals surface area contributed by atoms with Gasteiger partial charge in [0, 0.05) is 6.07 Å². The average Bonchev–Trinajstić information content (AvgIpc) is 2.74. The summed E-state index contributed by atoms with van der Waals surface area (Å²) in [6.07, 6.45) is 1.30. The van der Waals surface area contributed by atoms with Crippen LogP contribution >= 0.6 is 0 Å². The van der Waals surface area contributed by atoms with Crippen molar-refractivity contribution >= 4 is 16.9 Å². The summed E-state index contributed by atoms with van der Waals surface area (Å²) >= 11 is 0. The lowest BCUT2D eigenvalue weighted by molar-refractivity contribution is -0.152. The van der Waals surface area contributed by atoms with Gasteiger partial charge in [0.15, 0.2) is 6.10 Å². The van der Waals surface area contributed by atoms with Crippen LogP contribution in [0.2, 0.25) is 0 Å². The fourth-order valence-electron chi connectivity index (χ4n) is 2.87. The van der Waals surface area contributed by atoms with E-state index in [0.29, 0.717) is 29.1 Å². The van der Waals surface area contributed by atoms with Crippen molar-refractivity contribution in [3.63, 3.8) is 0 Å². The zero-order valence-electron chi connectivity index (χ0n) is 17.6. The molecule has 0 fully saturated rings. The highest BCUT2D eigenvalue weighted by Crippen LogP contribution is 2.27. The van der Waals surface area contributed by atoms with Gasteiger partial charge in [0.2, 0.25) is 11.2 Å². The van der Waals surface area contributed by atoms with Crippen LogP contribution in [0.5, 0.6) is 17.2 Å². The molecule has 0 amide bonds. The Balaban J connectivity index is 1.79. The summed E-state index contributed by atoms with van der Waals surface area (Å²) in [4.78, 5) is 24.8. The van der Waals surface area contributed by atoms with E-state index in [2.05, 4.69) is 0 Å². The molecule has 0 aliphatic carbocycles. The molecule has 0 radical (unpaired) electrons. The van der Waals surface area contributed by atoms with E-state index in [9.17, 15) is 9.59 Å². The fraction of sp³-hybridized carbons (Fsp3) is 0.333. The van der Waals surface area contributed by atoms with Gasteiger partial charge in [-0.2, -0.15) is 0 Å². The Morgan fingerprint density at radius 3 is 2.57 bits per heavy atom. The summed E-state index contributed by atoms with van der Waals surface area (Å²) in [5.74, 6) is 0.952. The number of rotatable bonds is 8. The Bertz CT molecular complexity index is 1080. The predicted molar refractivity (Wildman–Crippen MR) is 114 cm³/mol. The van der Waals surface area contributed by atoms with Crippen LogP contribution in [0.1, 0.15) is 33.3 Å². The molecule has 6 heteroatoms. The lowest BCUT2D eigenvalue weighted by Crippen LogP contribution is -2.27. The summed E-state index contributed by atoms with van der Waals surface area (Å²) in [5.41, 5.74) is 1.06. The van der Waals surface area contributed by atoms with E-state index in [-0.39, 0.29) is 17.1 Å². The highest BCUT2D eigenvalue weighted by atomic mass is 16.6. The van der Waals surface area contributed by atoms with Crippen molar-refractivity contribution in [1.82, 2.24) is 0 Å². The van der Waals surface area contributed by atoms with Crippen molar-refractivity contribution in [2.75, 3.05) is 6.61 Å². The maximum absolute atomic E-state index is 12.8. The average molecular weight is 410 g/mol. The van der Waals surface area contributed by atoms with E-state index < -0.39 is 12.1 Å². The van der Waals surface area contributed by atoms with Crippen LogP contribution in [-0.2, 0) is 16.0 Å². The first kappa shape index (κ1) is 21.4. The molecule has 0 saturated carbocycles. The minimum atomic E-state index is -0.777. The topological polar surface area (TPSA) is 75.0 Å². The van der Waals surface area contributed by atoms with Crippen LogP contribution in [0.25, 0.3) is 11.0 Å².